The van der Waals surface area contributed by atoms with E-state index in [0.717, 1.165) is 42.4 Å². The molecule has 0 amide bonds. The van der Waals surface area contributed by atoms with Crippen molar-refractivity contribution in [1.82, 2.24) is 19.5 Å². The Morgan fingerprint density at radius 1 is 1.00 bits per heavy atom. The van der Waals surface area contributed by atoms with Crippen molar-refractivity contribution in [3.05, 3.63) is 41.7 Å². The van der Waals surface area contributed by atoms with Crippen LogP contribution in [0.5, 0.6) is 17.2 Å². The Morgan fingerprint density at radius 3 is 2.43 bits per heavy atom. The van der Waals surface area contributed by atoms with Gasteiger partial charge < -0.3 is 24.1 Å². The highest BCUT2D eigenvalue weighted by Gasteiger charge is 2.30. The number of imidazole rings is 1. The van der Waals surface area contributed by atoms with Gasteiger partial charge in [0.25, 0.3) is 0 Å². The van der Waals surface area contributed by atoms with E-state index in [-0.39, 0.29) is 0 Å². The molecule has 0 atom stereocenters. The van der Waals surface area contributed by atoms with Crippen LogP contribution in [-0.2, 0) is 12.8 Å². The van der Waals surface area contributed by atoms with E-state index in [4.69, 9.17) is 24.2 Å². The highest BCUT2D eigenvalue weighted by Crippen LogP contribution is 2.41. The van der Waals surface area contributed by atoms with Crippen molar-refractivity contribution in [2.45, 2.75) is 38.0 Å². The number of aryl methyl sites for hydroxylation is 1. The molecule has 0 spiro atoms. The van der Waals surface area contributed by atoms with Crippen LogP contribution in [-0.4, -0.2) is 40.8 Å². The predicted molar refractivity (Wildman–Crippen MR) is 113 cm³/mol. The standard InChI is InChI=1S/C22H25N5O3/c1-28-17-9-14(10-18(29-2)20(17)30-3)27-11-19(23-12-27)25-22-15-5-4-6-16(15)24-21(26-22)13-7-8-13/h9-13H,4-8H2,1-3H3,(H,24,25,26). The van der Waals surface area contributed by atoms with Crippen LogP contribution in [0, 0.1) is 0 Å². The predicted octanol–water partition coefficient (Wildman–Crippen LogP) is 3.80. The second-order valence-corrected chi connectivity index (χ2v) is 7.66. The van der Waals surface area contributed by atoms with Gasteiger partial charge in [0, 0.05) is 29.3 Å². The van der Waals surface area contributed by atoms with Crippen LogP contribution in [0.4, 0.5) is 11.6 Å². The summed E-state index contributed by atoms with van der Waals surface area (Å²) in [7, 11) is 4.81. The number of methoxy groups -OCH3 is 3. The highest BCUT2D eigenvalue weighted by molar-refractivity contribution is 5.61. The zero-order valence-electron chi connectivity index (χ0n) is 17.4. The van der Waals surface area contributed by atoms with E-state index in [1.165, 1.54) is 24.1 Å². The van der Waals surface area contributed by atoms with Crippen molar-refractivity contribution in [3.63, 3.8) is 0 Å². The lowest BCUT2D eigenvalue weighted by Crippen LogP contribution is -2.05. The molecule has 2 aliphatic rings. The first-order valence-corrected chi connectivity index (χ1v) is 10.2. The second-order valence-electron chi connectivity index (χ2n) is 7.66. The zero-order chi connectivity index (χ0) is 20.7. The van der Waals surface area contributed by atoms with E-state index in [1.807, 2.05) is 22.9 Å². The minimum absolute atomic E-state index is 0.522. The molecule has 0 saturated heterocycles. The highest BCUT2D eigenvalue weighted by atomic mass is 16.5. The number of rotatable bonds is 7. The average Bonchev–Trinajstić information content (AvgIpc) is 3.33. The molecule has 0 bridgehead atoms. The topological polar surface area (TPSA) is 83.3 Å². The third-order valence-electron chi connectivity index (χ3n) is 5.67. The molecule has 5 rings (SSSR count). The van der Waals surface area contributed by atoms with Crippen LogP contribution in [0.15, 0.2) is 24.7 Å². The van der Waals surface area contributed by atoms with E-state index >= 15 is 0 Å². The molecule has 1 fully saturated rings. The molecule has 0 unspecified atom stereocenters. The molecule has 156 valence electrons. The summed E-state index contributed by atoms with van der Waals surface area (Å²) in [6, 6.07) is 3.78. The van der Waals surface area contributed by atoms with Crippen LogP contribution >= 0.6 is 0 Å². The molecular formula is C22H25N5O3. The van der Waals surface area contributed by atoms with Crippen molar-refractivity contribution in [1.29, 1.82) is 0 Å². The summed E-state index contributed by atoms with van der Waals surface area (Å²) in [4.78, 5) is 14.2. The van der Waals surface area contributed by atoms with E-state index in [0.29, 0.717) is 23.2 Å². The van der Waals surface area contributed by atoms with Crippen LogP contribution in [0.2, 0.25) is 0 Å². The molecule has 2 aromatic heterocycles. The first-order chi connectivity index (χ1) is 14.7. The van der Waals surface area contributed by atoms with Crippen molar-refractivity contribution < 1.29 is 14.2 Å². The minimum Gasteiger partial charge on any atom is -0.493 e. The van der Waals surface area contributed by atoms with Crippen LogP contribution in [0.1, 0.15) is 42.3 Å². The lowest BCUT2D eigenvalue weighted by Gasteiger charge is -2.14. The van der Waals surface area contributed by atoms with Gasteiger partial charge in [0.2, 0.25) is 5.75 Å². The summed E-state index contributed by atoms with van der Waals surface area (Å²) in [6.07, 6.45) is 9.24. The third-order valence-corrected chi connectivity index (χ3v) is 5.67. The number of anilines is 2. The second kappa shape index (κ2) is 7.51. The quantitative estimate of drug-likeness (QED) is 0.638. The van der Waals surface area contributed by atoms with Crippen LogP contribution in [0.25, 0.3) is 5.69 Å². The van der Waals surface area contributed by atoms with Gasteiger partial charge in [-0.3, -0.25) is 0 Å². The smallest absolute Gasteiger partial charge is 0.203 e. The van der Waals surface area contributed by atoms with E-state index in [2.05, 4.69) is 10.3 Å². The maximum Gasteiger partial charge on any atom is 0.203 e. The number of fused-ring (bicyclic) bond motifs is 1. The Hall–Kier alpha value is -3.29. The lowest BCUT2D eigenvalue weighted by molar-refractivity contribution is 0.324. The molecule has 2 heterocycles. The third kappa shape index (κ3) is 3.32. The van der Waals surface area contributed by atoms with Crippen molar-refractivity contribution in [2.75, 3.05) is 26.6 Å². The van der Waals surface area contributed by atoms with Crippen LogP contribution < -0.4 is 19.5 Å². The monoisotopic (exact) mass is 407 g/mol. The molecule has 1 N–H and O–H groups in total. The number of nitrogens with one attached hydrogen (secondary N) is 1. The van der Waals surface area contributed by atoms with Gasteiger partial charge in [0.1, 0.15) is 23.8 Å². The molecule has 0 aliphatic heterocycles. The summed E-state index contributed by atoms with van der Waals surface area (Å²) >= 11 is 0. The fourth-order valence-corrected chi connectivity index (χ4v) is 3.95. The van der Waals surface area contributed by atoms with Gasteiger partial charge in [0.05, 0.1) is 33.2 Å². The number of nitrogens with zero attached hydrogens (tertiary/aromatic N) is 4. The number of ether oxygens (including phenoxy) is 3. The largest absolute Gasteiger partial charge is 0.493 e. The van der Waals surface area contributed by atoms with Gasteiger partial charge in [-0.1, -0.05) is 0 Å². The molecule has 1 saturated carbocycles. The fourth-order valence-electron chi connectivity index (χ4n) is 3.95. The number of benzene rings is 1. The van der Waals surface area contributed by atoms with Gasteiger partial charge in [-0.25, -0.2) is 15.0 Å². The van der Waals surface area contributed by atoms with E-state index in [1.54, 1.807) is 27.7 Å². The van der Waals surface area contributed by atoms with Crippen LogP contribution in [0.3, 0.4) is 0 Å². The SMILES string of the molecule is COc1cc(-n2cnc(Nc3nc(C4CC4)nc4c3CCC4)c2)cc(OC)c1OC. The Kier molecular flexibility index (Phi) is 4.69. The van der Waals surface area contributed by atoms with Gasteiger partial charge in [-0.15, -0.1) is 0 Å². The summed E-state index contributed by atoms with van der Waals surface area (Å²) in [5.74, 6) is 4.88. The zero-order valence-corrected chi connectivity index (χ0v) is 17.4. The number of hydrogen-bond acceptors (Lipinski definition) is 7. The van der Waals surface area contributed by atoms with Gasteiger partial charge in [0.15, 0.2) is 11.5 Å². The fraction of sp³-hybridized carbons (Fsp3) is 0.409. The Morgan fingerprint density at radius 2 is 1.77 bits per heavy atom. The molecule has 2 aliphatic carbocycles. The summed E-state index contributed by atoms with van der Waals surface area (Å²) in [5.41, 5.74) is 3.27. The number of hydrogen-bond donors (Lipinski definition) is 1. The van der Waals surface area contributed by atoms with Gasteiger partial charge in [-0.2, -0.15) is 0 Å². The summed E-state index contributed by atoms with van der Waals surface area (Å²) in [5, 5.41) is 3.43. The van der Waals surface area contributed by atoms with Crippen molar-refractivity contribution >= 4 is 11.6 Å². The first kappa shape index (κ1) is 18.7. The molecule has 1 aromatic carbocycles. The van der Waals surface area contributed by atoms with E-state index < -0.39 is 0 Å². The molecular weight excluding hydrogens is 382 g/mol. The normalized spacial score (nSPS) is 15.0. The maximum atomic E-state index is 5.46. The maximum absolute atomic E-state index is 5.46. The van der Waals surface area contributed by atoms with Crippen molar-refractivity contribution in [3.8, 4) is 22.9 Å². The Labute approximate surface area is 175 Å². The average molecular weight is 407 g/mol. The van der Waals surface area contributed by atoms with E-state index in [9.17, 15) is 0 Å². The molecule has 0 radical (unpaired) electrons. The minimum atomic E-state index is 0.522. The lowest BCUT2D eigenvalue weighted by atomic mass is 10.2. The number of aromatic nitrogens is 4. The first-order valence-electron chi connectivity index (χ1n) is 10.2. The summed E-state index contributed by atoms with van der Waals surface area (Å²) < 4.78 is 18.3. The van der Waals surface area contributed by atoms with Gasteiger partial charge in [-0.05, 0) is 32.1 Å². The Balaban J connectivity index is 1.46. The molecule has 8 nitrogen and oxygen atoms in total. The van der Waals surface area contributed by atoms with Crippen molar-refractivity contribution in [2.24, 2.45) is 0 Å². The molecule has 3 aromatic rings. The van der Waals surface area contributed by atoms with Gasteiger partial charge >= 0.3 is 0 Å². The summed E-state index contributed by atoms with van der Waals surface area (Å²) in [6.45, 7) is 0. The Bertz CT molecular complexity index is 1070. The molecule has 8 heteroatoms. The molecule has 30 heavy (non-hydrogen) atoms.